The normalized spacial score (nSPS) is 16.1. The molecule has 0 spiro atoms. The van der Waals surface area contributed by atoms with Crippen molar-refractivity contribution in [3.63, 3.8) is 0 Å². The number of aromatic nitrogens is 1. The van der Waals surface area contributed by atoms with E-state index in [0.29, 0.717) is 19.5 Å². The number of unbranched alkanes of at least 4 members (excludes halogenated alkanes) is 7. The van der Waals surface area contributed by atoms with Crippen LogP contribution in [0, 0.1) is 6.92 Å². The molecular weight excluding hydrogens is 817 g/mol. The minimum absolute atomic E-state index is 0.00689. The fraction of sp³-hybridized carbons (Fsp3) is 0.689. The molecule has 2 aromatic rings. The highest BCUT2D eigenvalue weighted by Crippen LogP contribution is 2.33. The molecule has 1 saturated heterocycles. The largest absolute Gasteiger partial charge is 0.444 e. The van der Waals surface area contributed by atoms with Gasteiger partial charge in [-0.3, -0.25) is 14.4 Å². The van der Waals surface area contributed by atoms with Gasteiger partial charge in [0.15, 0.2) is 0 Å². The van der Waals surface area contributed by atoms with Crippen LogP contribution in [0.3, 0.4) is 0 Å². The first-order valence-electron chi connectivity index (χ1n) is 21.8. The third kappa shape index (κ3) is 19.4. The van der Waals surface area contributed by atoms with Crippen molar-refractivity contribution in [2.75, 3.05) is 25.4 Å². The smallest absolute Gasteiger partial charge is 0.407 e. The van der Waals surface area contributed by atoms with E-state index in [2.05, 4.69) is 26.3 Å². The number of nitrogens with zero attached hydrogens (tertiary/aromatic N) is 2. The SMILES string of the molecule is Cc1ncsc1-c1ccc(CNC(=O)[C@@H]2C[C@@H](O)CN2C(=O)[C@@H](NC(=O)CCCCCCCNC(=O)OC(C)(C)C)C(C)(C)SCCCCCCNC(=O)OC(C)(C)C)cc1. The molecule has 14 nitrogen and oxygen atoms in total. The number of aryl methyl sites for hydroxylation is 1. The van der Waals surface area contributed by atoms with Crippen LogP contribution in [0.4, 0.5) is 9.59 Å². The van der Waals surface area contributed by atoms with E-state index in [-0.39, 0.29) is 37.7 Å². The van der Waals surface area contributed by atoms with Gasteiger partial charge in [0.25, 0.3) is 0 Å². The van der Waals surface area contributed by atoms with Crippen LogP contribution in [-0.4, -0.2) is 104 Å². The summed E-state index contributed by atoms with van der Waals surface area (Å²) >= 11 is 3.17. The Kier molecular flexibility index (Phi) is 20.8. The lowest BCUT2D eigenvalue weighted by atomic mass is 10.00. The number of aliphatic hydroxyl groups is 1. The first-order chi connectivity index (χ1) is 28.6. The molecule has 0 bridgehead atoms. The molecule has 3 atom stereocenters. The van der Waals surface area contributed by atoms with E-state index < -0.39 is 52.2 Å². The van der Waals surface area contributed by atoms with E-state index in [1.165, 1.54) is 4.90 Å². The van der Waals surface area contributed by atoms with Crippen molar-refractivity contribution in [3.8, 4) is 10.4 Å². The Hall–Kier alpha value is -3.89. The Morgan fingerprint density at radius 2 is 1.38 bits per heavy atom. The van der Waals surface area contributed by atoms with Crippen molar-refractivity contribution in [1.29, 1.82) is 0 Å². The number of aliphatic hydroxyl groups excluding tert-OH is 1. The molecule has 0 aliphatic carbocycles. The average Bonchev–Trinajstić information content (AvgIpc) is 3.78. The molecule has 2 heterocycles. The predicted octanol–water partition coefficient (Wildman–Crippen LogP) is 7.64. The van der Waals surface area contributed by atoms with Crippen molar-refractivity contribution in [3.05, 3.63) is 41.0 Å². The van der Waals surface area contributed by atoms with Gasteiger partial charge < -0.3 is 40.7 Å². The third-order valence-corrected chi connectivity index (χ3v) is 12.5. The summed E-state index contributed by atoms with van der Waals surface area (Å²) in [6.07, 6.45) is 6.17. The van der Waals surface area contributed by atoms with Gasteiger partial charge in [0.2, 0.25) is 17.7 Å². The molecule has 1 fully saturated rings. The van der Waals surface area contributed by atoms with Gasteiger partial charge >= 0.3 is 12.2 Å². The molecule has 1 aliphatic rings. The monoisotopic (exact) mass is 888 g/mol. The van der Waals surface area contributed by atoms with E-state index in [1.807, 2.05) is 92.1 Å². The zero-order valence-electron chi connectivity index (χ0n) is 37.9. The number of benzene rings is 1. The van der Waals surface area contributed by atoms with Crippen molar-refractivity contribution >= 4 is 53.0 Å². The van der Waals surface area contributed by atoms with Crippen molar-refractivity contribution < 1.29 is 38.6 Å². The second kappa shape index (κ2) is 24.7. The molecule has 61 heavy (non-hydrogen) atoms. The second-order valence-corrected chi connectivity index (χ2v) is 20.9. The van der Waals surface area contributed by atoms with Crippen LogP contribution in [0.1, 0.15) is 137 Å². The topological polar surface area (TPSA) is 188 Å². The number of amides is 5. The summed E-state index contributed by atoms with van der Waals surface area (Å²) in [7, 11) is 0. The van der Waals surface area contributed by atoms with E-state index in [0.717, 1.165) is 78.8 Å². The number of carbonyl (C=O) groups is 5. The number of alkyl carbamates (subject to hydrolysis) is 2. The van der Waals surface area contributed by atoms with Gasteiger partial charge in [0, 0.05) is 43.8 Å². The van der Waals surface area contributed by atoms with Crippen LogP contribution in [0.25, 0.3) is 10.4 Å². The predicted molar refractivity (Wildman–Crippen MR) is 243 cm³/mol. The number of ether oxygens (including phenoxy) is 2. The number of hydrogen-bond acceptors (Lipinski definition) is 11. The zero-order chi connectivity index (χ0) is 45.2. The highest BCUT2D eigenvalue weighted by atomic mass is 32.2. The summed E-state index contributed by atoms with van der Waals surface area (Å²) in [5.41, 5.74) is 3.64. The number of β-amino-alcohol motifs (C(OH)–C–C–N with tert-alkyl or cyclic N) is 1. The Labute approximate surface area is 371 Å². The van der Waals surface area contributed by atoms with Crippen LogP contribution in [-0.2, 0) is 30.4 Å². The number of carbonyl (C=O) groups excluding carboxylic acids is 5. The molecule has 5 N–H and O–H groups in total. The number of nitrogens with one attached hydrogen (secondary N) is 4. The summed E-state index contributed by atoms with van der Waals surface area (Å²) < 4.78 is 9.83. The molecule has 5 amide bonds. The first-order valence-corrected chi connectivity index (χ1v) is 23.6. The fourth-order valence-electron chi connectivity index (χ4n) is 6.85. The lowest BCUT2D eigenvalue weighted by molar-refractivity contribution is -0.142. The summed E-state index contributed by atoms with van der Waals surface area (Å²) in [4.78, 5) is 72.3. The van der Waals surface area contributed by atoms with Gasteiger partial charge in [0.1, 0.15) is 23.3 Å². The van der Waals surface area contributed by atoms with Gasteiger partial charge in [-0.25, -0.2) is 14.6 Å². The van der Waals surface area contributed by atoms with Gasteiger partial charge in [0.05, 0.1) is 22.2 Å². The van der Waals surface area contributed by atoms with E-state index >= 15 is 0 Å². The van der Waals surface area contributed by atoms with Crippen molar-refractivity contribution in [1.82, 2.24) is 31.2 Å². The summed E-state index contributed by atoms with van der Waals surface area (Å²) in [5.74, 6) is -0.250. The molecule has 0 saturated carbocycles. The van der Waals surface area contributed by atoms with E-state index in [1.54, 1.807) is 23.1 Å². The Morgan fingerprint density at radius 1 is 0.820 bits per heavy atom. The minimum Gasteiger partial charge on any atom is -0.444 e. The fourth-order valence-corrected chi connectivity index (χ4v) is 8.86. The lowest BCUT2D eigenvalue weighted by Gasteiger charge is -2.37. The summed E-state index contributed by atoms with van der Waals surface area (Å²) in [6, 6.07) is 6.09. The van der Waals surface area contributed by atoms with Crippen LogP contribution in [0.5, 0.6) is 0 Å². The zero-order valence-corrected chi connectivity index (χ0v) is 39.6. The molecule has 1 aromatic carbocycles. The maximum atomic E-state index is 14.5. The average molecular weight is 889 g/mol. The van der Waals surface area contributed by atoms with Crippen LogP contribution < -0.4 is 21.3 Å². The third-order valence-electron chi connectivity index (χ3n) is 10.0. The first kappa shape index (κ1) is 51.5. The molecule has 1 aliphatic heterocycles. The summed E-state index contributed by atoms with van der Waals surface area (Å²) in [6.45, 7) is 18.1. The summed E-state index contributed by atoms with van der Waals surface area (Å²) in [5, 5.41) is 22.3. The van der Waals surface area contributed by atoms with Gasteiger partial charge in [-0.1, -0.05) is 56.4 Å². The van der Waals surface area contributed by atoms with Crippen molar-refractivity contribution in [2.45, 2.75) is 174 Å². The highest BCUT2D eigenvalue weighted by Gasteiger charge is 2.46. The van der Waals surface area contributed by atoms with Crippen molar-refractivity contribution in [2.24, 2.45) is 0 Å². The Bertz CT molecular complexity index is 1710. The molecule has 342 valence electrons. The van der Waals surface area contributed by atoms with E-state index in [4.69, 9.17) is 9.47 Å². The van der Waals surface area contributed by atoms with Gasteiger partial charge in [-0.05, 0) is 105 Å². The highest BCUT2D eigenvalue weighted by molar-refractivity contribution is 8.00. The number of thioether (sulfide) groups is 1. The Morgan fingerprint density at radius 3 is 1.93 bits per heavy atom. The maximum absolute atomic E-state index is 14.5. The second-order valence-electron chi connectivity index (χ2n) is 18.3. The molecule has 1 aromatic heterocycles. The number of rotatable bonds is 23. The quantitative estimate of drug-likeness (QED) is 0.0694. The lowest BCUT2D eigenvalue weighted by Crippen LogP contribution is -2.59. The van der Waals surface area contributed by atoms with Gasteiger partial charge in [-0.15, -0.1) is 11.3 Å². The van der Waals surface area contributed by atoms with Gasteiger partial charge in [-0.2, -0.15) is 11.8 Å². The van der Waals surface area contributed by atoms with Crippen LogP contribution in [0.15, 0.2) is 29.8 Å². The number of likely N-dealkylation sites (tertiary alicyclic amines) is 1. The van der Waals surface area contributed by atoms with E-state index in [9.17, 15) is 29.1 Å². The number of thiazole rings is 1. The molecule has 0 unspecified atom stereocenters. The Balaban J connectivity index is 1.58. The van der Waals surface area contributed by atoms with Crippen LogP contribution >= 0.6 is 23.1 Å². The minimum atomic E-state index is -0.940. The standard InChI is InChI=1S/C45H72N6O8S2/c1-31-37(60-30-49-31)33-22-20-32(21-23-33)28-48-39(54)35-27-34(52)29-51(35)40(55)38(45(8,9)61-26-18-14-13-17-25-47-42(57)59-44(5,6)7)50-36(53)19-15-11-10-12-16-24-46-41(56)58-43(2,3)4/h20-23,30,34-35,38,52H,10-19,24-29H2,1-9H3,(H,46,56)(H,47,57)(H,48,54)(H,50,53)/t34-,35+,38-/m1/s1. The molecular formula is C45H72N6O8S2. The maximum Gasteiger partial charge on any atom is 0.407 e. The number of hydrogen-bond donors (Lipinski definition) is 5. The molecule has 16 heteroatoms. The molecule has 3 rings (SSSR count). The molecule has 0 radical (unpaired) electrons. The van der Waals surface area contributed by atoms with Crippen LogP contribution in [0.2, 0.25) is 0 Å².